The second-order valence-corrected chi connectivity index (χ2v) is 2.90. The van der Waals surface area contributed by atoms with Crippen LogP contribution in [-0.2, 0) is 6.54 Å². The second-order valence-electron chi connectivity index (χ2n) is 2.04. The molecule has 0 amide bonds. The monoisotopic (exact) mass is 164 g/mol. The third-order valence-corrected chi connectivity index (χ3v) is 1.88. The van der Waals surface area contributed by atoms with Crippen molar-refractivity contribution in [2.75, 3.05) is 0 Å². The molecule has 0 bridgehead atoms. The van der Waals surface area contributed by atoms with Crippen molar-refractivity contribution in [1.82, 2.24) is 0 Å². The van der Waals surface area contributed by atoms with Gasteiger partial charge in [-0.3, -0.25) is 0 Å². The molecule has 0 radical (unpaired) electrons. The van der Waals surface area contributed by atoms with Crippen LogP contribution in [0.3, 0.4) is 0 Å². The first-order chi connectivity index (χ1) is 5.36. The summed E-state index contributed by atoms with van der Waals surface area (Å²) in [5.74, 6) is 0. The lowest BCUT2D eigenvalue weighted by atomic mass is 10.2. The third-order valence-electron chi connectivity index (χ3n) is 1.30. The molecule has 3 heteroatoms. The average Bonchev–Trinajstić information content (AvgIpc) is 2.06. The Morgan fingerprint density at radius 2 is 2.36 bits per heavy atom. The zero-order chi connectivity index (χ0) is 8.10. The highest BCUT2D eigenvalue weighted by Crippen LogP contribution is 2.16. The summed E-state index contributed by atoms with van der Waals surface area (Å²) in [5, 5.41) is 10.4. The maximum Gasteiger partial charge on any atom is 0.138 e. The van der Waals surface area contributed by atoms with E-state index in [0.29, 0.717) is 6.54 Å². The number of hydrogen-bond donors (Lipinski definition) is 1. The van der Waals surface area contributed by atoms with Crippen molar-refractivity contribution in [3.05, 3.63) is 29.8 Å². The molecule has 1 rings (SSSR count). The first kappa shape index (κ1) is 8.12. The van der Waals surface area contributed by atoms with Gasteiger partial charge in [-0.1, -0.05) is 12.1 Å². The van der Waals surface area contributed by atoms with Crippen molar-refractivity contribution < 1.29 is 0 Å². The normalized spacial score (nSPS) is 9.09. The fourth-order valence-electron chi connectivity index (χ4n) is 0.789. The van der Waals surface area contributed by atoms with Crippen LogP contribution in [0.4, 0.5) is 0 Å². The Morgan fingerprint density at radius 1 is 1.55 bits per heavy atom. The molecule has 0 aliphatic heterocycles. The van der Waals surface area contributed by atoms with Gasteiger partial charge in [-0.2, -0.15) is 5.26 Å². The van der Waals surface area contributed by atoms with Crippen molar-refractivity contribution in [2.24, 2.45) is 5.73 Å². The molecule has 0 heterocycles. The molecular weight excluding hydrogens is 156 g/mol. The van der Waals surface area contributed by atoms with Gasteiger partial charge in [0.15, 0.2) is 0 Å². The predicted molar refractivity (Wildman–Crippen MR) is 45.8 cm³/mol. The molecule has 1 aromatic carbocycles. The first-order valence-electron chi connectivity index (χ1n) is 3.22. The molecule has 2 nitrogen and oxygen atoms in total. The molecule has 0 aliphatic rings. The Bertz CT molecular complexity index is 278. The van der Waals surface area contributed by atoms with Crippen molar-refractivity contribution in [2.45, 2.75) is 11.4 Å². The number of nitrogens with two attached hydrogens (primary N) is 1. The van der Waals surface area contributed by atoms with Crippen molar-refractivity contribution in [1.29, 1.82) is 5.26 Å². The maximum atomic E-state index is 8.36. The largest absolute Gasteiger partial charge is 0.326 e. The van der Waals surface area contributed by atoms with Crippen molar-refractivity contribution >= 4 is 11.8 Å². The van der Waals surface area contributed by atoms with E-state index in [4.69, 9.17) is 11.0 Å². The number of thioether (sulfide) groups is 1. The van der Waals surface area contributed by atoms with Gasteiger partial charge in [0.25, 0.3) is 0 Å². The molecule has 0 fully saturated rings. The van der Waals surface area contributed by atoms with Gasteiger partial charge < -0.3 is 5.73 Å². The Balaban J connectivity index is 2.84. The summed E-state index contributed by atoms with van der Waals surface area (Å²) in [6.45, 7) is 0.528. The highest BCUT2D eigenvalue weighted by Gasteiger charge is 1.92. The van der Waals surface area contributed by atoms with E-state index in [0.717, 1.165) is 22.2 Å². The van der Waals surface area contributed by atoms with Gasteiger partial charge in [-0.05, 0) is 29.5 Å². The lowest BCUT2D eigenvalue weighted by molar-refractivity contribution is 1.06. The minimum absolute atomic E-state index is 0.528. The van der Waals surface area contributed by atoms with Crippen molar-refractivity contribution in [3.63, 3.8) is 0 Å². The van der Waals surface area contributed by atoms with Crippen LogP contribution in [-0.4, -0.2) is 0 Å². The van der Waals surface area contributed by atoms with Crippen LogP contribution in [0.25, 0.3) is 0 Å². The summed E-state index contributed by atoms with van der Waals surface area (Å²) in [5.41, 5.74) is 6.48. The number of nitriles is 1. The Labute approximate surface area is 70.0 Å². The first-order valence-corrected chi connectivity index (χ1v) is 4.03. The smallest absolute Gasteiger partial charge is 0.138 e. The average molecular weight is 164 g/mol. The fourth-order valence-corrected chi connectivity index (χ4v) is 1.25. The number of hydrogen-bond acceptors (Lipinski definition) is 3. The van der Waals surface area contributed by atoms with Crippen LogP contribution in [0.5, 0.6) is 0 Å². The minimum atomic E-state index is 0.528. The van der Waals surface area contributed by atoms with E-state index in [9.17, 15) is 0 Å². The number of nitrogens with zero attached hydrogens (tertiary/aromatic N) is 1. The van der Waals surface area contributed by atoms with Gasteiger partial charge in [0.1, 0.15) is 5.40 Å². The quantitative estimate of drug-likeness (QED) is 0.535. The zero-order valence-electron chi connectivity index (χ0n) is 5.95. The number of rotatable bonds is 2. The Kier molecular flexibility index (Phi) is 2.96. The summed E-state index contributed by atoms with van der Waals surface area (Å²) in [6.07, 6.45) is 0. The van der Waals surface area contributed by atoms with Crippen LogP contribution >= 0.6 is 11.8 Å². The van der Waals surface area contributed by atoms with E-state index in [2.05, 4.69) is 0 Å². The van der Waals surface area contributed by atoms with E-state index in [-0.39, 0.29) is 0 Å². The van der Waals surface area contributed by atoms with E-state index in [1.807, 2.05) is 29.7 Å². The summed E-state index contributed by atoms with van der Waals surface area (Å²) in [4.78, 5) is 0.954. The Hall–Kier alpha value is -0.980. The zero-order valence-corrected chi connectivity index (χ0v) is 6.77. The van der Waals surface area contributed by atoms with Crippen LogP contribution < -0.4 is 5.73 Å². The van der Waals surface area contributed by atoms with Gasteiger partial charge in [0.05, 0.1) is 0 Å². The summed E-state index contributed by atoms with van der Waals surface area (Å²) in [7, 11) is 0. The molecule has 1 aromatic rings. The Morgan fingerprint density at radius 3 is 3.00 bits per heavy atom. The molecular formula is C8H8N2S. The summed E-state index contributed by atoms with van der Waals surface area (Å²) in [6, 6.07) is 7.67. The number of benzene rings is 1. The molecule has 0 atom stereocenters. The lowest BCUT2D eigenvalue weighted by Gasteiger charge is -1.96. The molecule has 0 spiro atoms. The minimum Gasteiger partial charge on any atom is -0.326 e. The molecule has 0 unspecified atom stereocenters. The van der Waals surface area contributed by atoms with Gasteiger partial charge >= 0.3 is 0 Å². The van der Waals surface area contributed by atoms with Gasteiger partial charge in [0, 0.05) is 11.4 Å². The van der Waals surface area contributed by atoms with Gasteiger partial charge in [-0.25, -0.2) is 0 Å². The van der Waals surface area contributed by atoms with Crippen LogP contribution in [0, 0.1) is 10.7 Å². The molecule has 56 valence electrons. The fraction of sp³-hybridized carbons (Fsp3) is 0.125. The molecule has 2 N–H and O–H groups in total. The van der Waals surface area contributed by atoms with E-state index in [1.54, 1.807) is 0 Å². The standard InChI is InChI=1S/C8H8N2S/c9-5-7-2-1-3-8(4-7)11-6-10/h1-4H,5,9H2. The number of thiocyanates is 1. The lowest BCUT2D eigenvalue weighted by Crippen LogP contribution is -1.95. The van der Waals surface area contributed by atoms with Crippen LogP contribution in [0.15, 0.2) is 29.2 Å². The highest BCUT2D eigenvalue weighted by atomic mass is 32.2. The highest BCUT2D eigenvalue weighted by molar-refractivity contribution is 8.03. The molecule has 0 aliphatic carbocycles. The molecule has 0 aromatic heterocycles. The van der Waals surface area contributed by atoms with E-state index < -0.39 is 0 Å². The molecule has 11 heavy (non-hydrogen) atoms. The molecule has 0 saturated heterocycles. The van der Waals surface area contributed by atoms with Gasteiger partial charge in [0.2, 0.25) is 0 Å². The SMILES string of the molecule is N#CSc1cccc(CN)c1. The summed E-state index contributed by atoms with van der Waals surface area (Å²) >= 11 is 1.15. The third kappa shape index (κ3) is 2.26. The predicted octanol–water partition coefficient (Wildman–Crippen LogP) is 1.72. The van der Waals surface area contributed by atoms with Crippen LogP contribution in [0.1, 0.15) is 5.56 Å². The topological polar surface area (TPSA) is 49.8 Å². The van der Waals surface area contributed by atoms with Gasteiger partial charge in [-0.15, -0.1) is 0 Å². The van der Waals surface area contributed by atoms with Crippen molar-refractivity contribution in [3.8, 4) is 5.40 Å². The molecule has 0 saturated carbocycles. The van der Waals surface area contributed by atoms with E-state index >= 15 is 0 Å². The maximum absolute atomic E-state index is 8.36. The second kappa shape index (κ2) is 4.02. The van der Waals surface area contributed by atoms with E-state index in [1.165, 1.54) is 0 Å². The van der Waals surface area contributed by atoms with Crippen LogP contribution in [0.2, 0.25) is 0 Å². The summed E-state index contributed by atoms with van der Waals surface area (Å²) < 4.78 is 0.